The van der Waals surface area contributed by atoms with Gasteiger partial charge in [0.05, 0.1) is 28.5 Å². The summed E-state index contributed by atoms with van der Waals surface area (Å²) in [5.41, 5.74) is 7.62. The van der Waals surface area contributed by atoms with Crippen LogP contribution in [0.2, 0.25) is 0 Å². The number of carbonyl (C=O) groups excluding carboxylic acids is 5. The minimum atomic E-state index is -0.711. The van der Waals surface area contributed by atoms with Gasteiger partial charge in [-0.3, -0.25) is 33.6 Å². The van der Waals surface area contributed by atoms with Crippen LogP contribution in [0, 0.1) is 48.5 Å². The lowest BCUT2D eigenvalue weighted by atomic mass is 9.97. The van der Waals surface area contributed by atoms with Crippen LogP contribution < -0.4 is 10.2 Å². The summed E-state index contributed by atoms with van der Waals surface area (Å²) in [4.78, 5) is 78.8. The molecule has 5 aromatic rings. The molecule has 0 amide bonds. The first-order chi connectivity index (χ1) is 31.8. The number of halogens is 1. The van der Waals surface area contributed by atoms with E-state index in [2.05, 4.69) is 0 Å². The zero-order valence-electron chi connectivity index (χ0n) is 42.4. The average molecular weight is 976 g/mol. The van der Waals surface area contributed by atoms with Crippen molar-refractivity contribution in [3.63, 3.8) is 0 Å². The fourth-order valence-corrected chi connectivity index (χ4v) is 7.29. The smallest absolute Gasteiger partial charge is 0.311 e. The van der Waals surface area contributed by atoms with E-state index in [-0.39, 0.29) is 76.2 Å². The number of aliphatic carboxylic acids is 1. The number of carbonyl (C=O) groups is 6. The zero-order valence-corrected chi connectivity index (χ0v) is 43.2. The number of aryl methyl sites for hydroxylation is 8. The molecule has 1 heterocycles. The molecule has 0 saturated heterocycles. The number of carboxylic acid groups (broad SMARTS) is 1. The molecule has 0 aliphatic heterocycles. The zero-order chi connectivity index (χ0) is 52.0. The molecule has 0 spiro atoms. The first-order valence-corrected chi connectivity index (χ1v) is 22.8. The van der Waals surface area contributed by atoms with Crippen LogP contribution in [0.3, 0.4) is 0 Å². The van der Waals surface area contributed by atoms with Crippen molar-refractivity contribution in [3.05, 3.63) is 126 Å². The minimum absolute atomic E-state index is 0. The van der Waals surface area contributed by atoms with Gasteiger partial charge in [0.15, 0.2) is 22.8 Å². The van der Waals surface area contributed by atoms with E-state index < -0.39 is 5.97 Å². The maximum atomic E-state index is 11.9. The van der Waals surface area contributed by atoms with Gasteiger partial charge in [-0.15, -0.1) is 12.4 Å². The Hall–Kier alpha value is -6.60. The first-order valence-electron chi connectivity index (χ1n) is 22.8. The van der Waals surface area contributed by atoms with Gasteiger partial charge in [0, 0.05) is 37.8 Å². The van der Waals surface area contributed by atoms with Crippen LogP contribution in [0.5, 0.6) is 23.0 Å². The van der Waals surface area contributed by atoms with Crippen molar-refractivity contribution < 1.29 is 58.3 Å². The Morgan fingerprint density at radius 2 is 1.04 bits per heavy atom. The van der Waals surface area contributed by atoms with Gasteiger partial charge in [-0.25, -0.2) is 0 Å². The highest BCUT2D eigenvalue weighted by molar-refractivity contribution is 6.10. The summed E-state index contributed by atoms with van der Waals surface area (Å²) in [6, 6.07) is 15.1. The Morgan fingerprint density at radius 3 is 1.48 bits per heavy atom. The number of ketones is 4. The van der Waals surface area contributed by atoms with Crippen molar-refractivity contribution in [2.24, 2.45) is 0 Å². The minimum Gasteiger partial charge on any atom is -0.508 e. The third-order valence-electron chi connectivity index (χ3n) is 9.93. The second-order valence-corrected chi connectivity index (χ2v) is 16.7. The summed E-state index contributed by atoms with van der Waals surface area (Å²) in [6.07, 6.45) is 4.82. The van der Waals surface area contributed by atoms with Crippen LogP contribution in [0.1, 0.15) is 169 Å². The number of benzene rings is 4. The van der Waals surface area contributed by atoms with Crippen molar-refractivity contribution >= 4 is 58.4 Å². The SMILES string of the molecule is CC(=O)c1c(C)cc(C)cc1O.CCCC(=O)CC(=O)c1c(C)cc(C)cc1O.CCCC(=O)O.CCCC(=O)Oc1cc(C)cc(C)c1C(C)=O.CCCc1cc(=O)c2c(C)cc(O)cc2o1.Cl. The number of phenolic OH excluding ortho intramolecular Hbond substituents is 3. The van der Waals surface area contributed by atoms with Gasteiger partial charge in [0.2, 0.25) is 0 Å². The lowest BCUT2D eigenvalue weighted by Crippen LogP contribution is -2.11. The van der Waals surface area contributed by atoms with Crippen LogP contribution in [0.15, 0.2) is 63.8 Å². The number of phenols is 3. The lowest BCUT2D eigenvalue weighted by molar-refractivity contribution is -0.137. The summed E-state index contributed by atoms with van der Waals surface area (Å²) in [5.74, 6) is -0.309. The van der Waals surface area contributed by atoms with Crippen LogP contribution in [0.25, 0.3) is 11.0 Å². The fourth-order valence-electron chi connectivity index (χ4n) is 7.29. The first kappa shape index (κ1) is 62.4. The summed E-state index contributed by atoms with van der Waals surface area (Å²) in [6.45, 7) is 23.5. The molecule has 13 nitrogen and oxygen atoms in total. The maximum absolute atomic E-state index is 11.9. The van der Waals surface area contributed by atoms with Crippen molar-refractivity contribution in [1.82, 2.24) is 0 Å². The number of Topliss-reactive ketones (excluding diaryl/α,β-unsaturated/α-hetero) is 4. The topological polar surface area (TPSA) is 223 Å². The highest BCUT2D eigenvalue weighted by atomic mass is 35.5. The predicted molar refractivity (Wildman–Crippen MR) is 273 cm³/mol. The Bertz CT molecular complexity index is 2590. The average Bonchev–Trinajstić information content (AvgIpc) is 3.17. The van der Waals surface area contributed by atoms with Gasteiger partial charge >= 0.3 is 11.9 Å². The molecule has 1 aromatic heterocycles. The standard InChI is InChI=1S/2C14H18O3.C13H14O3.C10H12O2.C4H8O2.ClH/c1-5-6-13(16)17-12-8-9(2)7-10(3)14(12)11(4)15;1-4-5-11(15)8-13(17)14-10(3)6-9(2)7-12(14)16;1-3-4-10-7-11(15)13-8(2)5-9(14)6-12(13)16-10;1-6-4-7(2)10(8(3)11)9(12)5-6;1-2-3-4(5)6;/h7-8H,5-6H2,1-4H3;6-7,16H,4-5,8H2,1-3H3;5-7,14H,3-4H2,1-2H3;4-5,12H,1-3H3;2-3H2,1H3,(H,5,6);1H. The van der Waals surface area contributed by atoms with E-state index in [0.717, 1.165) is 71.0 Å². The van der Waals surface area contributed by atoms with Crippen LogP contribution in [-0.2, 0) is 20.8 Å². The van der Waals surface area contributed by atoms with E-state index in [1.807, 2.05) is 80.5 Å². The molecule has 5 rings (SSSR count). The number of esters is 1. The summed E-state index contributed by atoms with van der Waals surface area (Å²) in [7, 11) is 0. The second kappa shape index (κ2) is 30.7. The Kier molecular flexibility index (Phi) is 27.8. The van der Waals surface area contributed by atoms with E-state index in [1.54, 1.807) is 38.1 Å². The Morgan fingerprint density at radius 1 is 0.565 bits per heavy atom. The van der Waals surface area contributed by atoms with Gasteiger partial charge in [-0.05, 0) is 151 Å². The van der Waals surface area contributed by atoms with E-state index in [1.165, 1.54) is 26.0 Å². The van der Waals surface area contributed by atoms with E-state index >= 15 is 0 Å². The Labute approximate surface area is 412 Å². The van der Waals surface area contributed by atoms with Crippen molar-refractivity contribution in [1.29, 1.82) is 0 Å². The third-order valence-corrected chi connectivity index (χ3v) is 9.93. The molecule has 0 bridgehead atoms. The molecule has 4 aromatic carbocycles. The highest BCUT2D eigenvalue weighted by Crippen LogP contribution is 2.27. The lowest BCUT2D eigenvalue weighted by Gasteiger charge is -2.11. The number of aromatic hydroxyl groups is 3. The molecule has 69 heavy (non-hydrogen) atoms. The number of carboxylic acids is 1. The monoisotopic (exact) mass is 974 g/mol. The van der Waals surface area contributed by atoms with E-state index in [9.17, 15) is 48.9 Å². The van der Waals surface area contributed by atoms with Crippen LogP contribution in [0.4, 0.5) is 0 Å². The number of ether oxygens (including phenoxy) is 1. The molecule has 4 N–H and O–H groups in total. The molecule has 0 aliphatic rings. The quantitative estimate of drug-likeness (QED) is 0.0352. The van der Waals surface area contributed by atoms with Gasteiger partial charge in [-0.1, -0.05) is 45.9 Å². The molecule has 0 aliphatic carbocycles. The molecule has 0 radical (unpaired) electrons. The molecule has 0 fully saturated rings. The van der Waals surface area contributed by atoms with Crippen molar-refractivity contribution in [2.45, 2.75) is 148 Å². The molecular weight excluding hydrogens is 904 g/mol. The molecule has 0 atom stereocenters. The predicted octanol–water partition coefficient (Wildman–Crippen LogP) is 12.4. The van der Waals surface area contributed by atoms with Gasteiger partial charge in [0.25, 0.3) is 0 Å². The van der Waals surface area contributed by atoms with Gasteiger partial charge in [-0.2, -0.15) is 0 Å². The summed E-state index contributed by atoms with van der Waals surface area (Å²) in [5, 5.41) is 37.1. The number of hydrogen-bond donors (Lipinski definition) is 4. The maximum Gasteiger partial charge on any atom is 0.311 e. The Balaban J connectivity index is 0.000000860. The number of fused-ring (bicyclic) bond motifs is 1. The normalized spacial score (nSPS) is 9.99. The molecule has 14 heteroatoms. The fraction of sp³-hybridized carbons (Fsp3) is 0.400. The van der Waals surface area contributed by atoms with E-state index in [0.29, 0.717) is 52.9 Å². The number of hydrogen-bond acceptors (Lipinski definition) is 12. The summed E-state index contributed by atoms with van der Waals surface area (Å²) < 4.78 is 10.8. The second-order valence-electron chi connectivity index (χ2n) is 16.7. The molecular formula is C55H71ClO13. The largest absolute Gasteiger partial charge is 0.508 e. The molecule has 0 unspecified atom stereocenters. The van der Waals surface area contributed by atoms with Crippen molar-refractivity contribution in [2.75, 3.05) is 0 Å². The molecule has 376 valence electrons. The highest BCUT2D eigenvalue weighted by Gasteiger charge is 2.18. The van der Waals surface area contributed by atoms with E-state index in [4.69, 9.17) is 14.3 Å². The third kappa shape index (κ3) is 21.1. The number of rotatable bonds is 14. The molecule has 0 saturated carbocycles. The van der Waals surface area contributed by atoms with Crippen LogP contribution in [-0.4, -0.2) is 55.5 Å². The van der Waals surface area contributed by atoms with Gasteiger partial charge in [0.1, 0.15) is 40.1 Å². The van der Waals surface area contributed by atoms with Crippen LogP contribution >= 0.6 is 12.4 Å². The van der Waals surface area contributed by atoms with Gasteiger partial charge < -0.3 is 29.6 Å². The van der Waals surface area contributed by atoms with Crippen molar-refractivity contribution in [3.8, 4) is 23.0 Å². The summed E-state index contributed by atoms with van der Waals surface area (Å²) >= 11 is 0.